The minimum atomic E-state index is -0.153. The molecule has 3 rings (SSSR count). The monoisotopic (exact) mass is 384 g/mol. The average Bonchev–Trinajstić information content (AvgIpc) is 2.60. The van der Waals surface area contributed by atoms with Crippen LogP contribution in [0.25, 0.3) is 0 Å². The van der Waals surface area contributed by atoms with E-state index in [-0.39, 0.29) is 15.8 Å². The topological polar surface area (TPSA) is 0 Å². The van der Waals surface area contributed by atoms with Crippen LogP contribution in [0.5, 0.6) is 0 Å². The van der Waals surface area contributed by atoms with E-state index in [1.165, 1.54) is 12.8 Å². The molecule has 0 aliphatic heterocycles. The summed E-state index contributed by atoms with van der Waals surface area (Å²) in [4.78, 5) is 0. The zero-order valence-electron chi connectivity index (χ0n) is 17.2. The fourth-order valence-corrected chi connectivity index (χ4v) is 8.84. The summed E-state index contributed by atoms with van der Waals surface area (Å²) in [6, 6.07) is 22.4. The van der Waals surface area contributed by atoms with Gasteiger partial charge in [-0.25, -0.2) is 0 Å². The van der Waals surface area contributed by atoms with Crippen LogP contribution in [0.3, 0.4) is 0 Å². The zero-order chi connectivity index (χ0) is 18.9. The summed E-state index contributed by atoms with van der Waals surface area (Å²) in [5.74, 6) is 1.67. The summed E-state index contributed by atoms with van der Waals surface area (Å²) in [6.07, 6.45) is 2.80. The van der Waals surface area contributed by atoms with Gasteiger partial charge < -0.3 is 0 Å². The number of benzene rings is 2. The van der Waals surface area contributed by atoms with Crippen LogP contribution in [0.15, 0.2) is 60.7 Å². The van der Waals surface area contributed by atoms with Gasteiger partial charge in [-0.3, -0.25) is 0 Å². The molecule has 0 aromatic heterocycles. The van der Waals surface area contributed by atoms with Crippen LogP contribution in [0.4, 0.5) is 0 Å². The van der Waals surface area contributed by atoms with Gasteiger partial charge in [0.25, 0.3) is 0 Å². The van der Waals surface area contributed by atoms with E-state index < -0.39 is 0 Å². The normalized spacial score (nSPS) is 23.2. The van der Waals surface area contributed by atoms with Gasteiger partial charge in [-0.2, -0.15) is 0 Å². The van der Waals surface area contributed by atoms with Crippen molar-refractivity contribution in [3.63, 3.8) is 0 Å². The second-order valence-electron chi connectivity index (χ2n) is 8.89. The van der Waals surface area contributed by atoms with Gasteiger partial charge in [0.1, 0.15) is 0 Å². The van der Waals surface area contributed by atoms with Crippen molar-refractivity contribution in [3.05, 3.63) is 60.7 Å². The molecule has 0 spiro atoms. The largest absolute Gasteiger partial charge is 0.0724 e. The average molecular weight is 384 g/mol. The highest BCUT2D eigenvalue weighted by molar-refractivity contribution is 7.66. The van der Waals surface area contributed by atoms with Crippen LogP contribution >= 0.6 is 15.8 Å². The molecule has 1 aliphatic carbocycles. The summed E-state index contributed by atoms with van der Waals surface area (Å²) in [7, 11) is -0.306. The molecule has 0 radical (unpaired) electrons. The Bertz CT molecular complexity index is 642. The van der Waals surface area contributed by atoms with Crippen molar-refractivity contribution in [2.45, 2.75) is 50.8 Å². The summed E-state index contributed by atoms with van der Waals surface area (Å²) in [6.45, 7) is 15.2. The lowest BCUT2D eigenvalue weighted by molar-refractivity contribution is 0.106. The molecule has 0 heterocycles. The third kappa shape index (κ3) is 3.66. The standard InChI is InChI=1S/C24H34P2/c1-23(2,25(5)19-13-9-7-10-14-19)21-17-18-22(21)24(3,4)26(6)20-15-11-8-12-16-20/h7-16,21-22H,17-18H2,1-6H3. The summed E-state index contributed by atoms with van der Waals surface area (Å²) >= 11 is 0. The molecule has 4 unspecified atom stereocenters. The first-order chi connectivity index (χ1) is 12.3. The Morgan fingerprint density at radius 3 is 1.19 bits per heavy atom. The Hall–Kier alpha value is -0.700. The second kappa shape index (κ2) is 7.73. The molecular formula is C24H34P2. The Kier molecular flexibility index (Phi) is 5.96. The lowest BCUT2D eigenvalue weighted by atomic mass is 9.63. The van der Waals surface area contributed by atoms with Crippen molar-refractivity contribution < 1.29 is 0 Å². The van der Waals surface area contributed by atoms with E-state index in [1.54, 1.807) is 10.6 Å². The van der Waals surface area contributed by atoms with Crippen molar-refractivity contribution in [3.8, 4) is 0 Å². The number of hydrogen-bond acceptors (Lipinski definition) is 0. The van der Waals surface area contributed by atoms with Crippen LogP contribution in [0.2, 0.25) is 0 Å². The van der Waals surface area contributed by atoms with Gasteiger partial charge in [0, 0.05) is 0 Å². The maximum atomic E-state index is 2.54. The lowest BCUT2D eigenvalue weighted by Crippen LogP contribution is -2.51. The van der Waals surface area contributed by atoms with Crippen LogP contribution in [-0.4, -0.2) is 23.6 Å². The van der Waals surface area contributed by atoms with Crippen molar-refractivity contribution in [2.24, 2.45) is 11.8 Å². The first-order valence-electron chi connectivity index (χ1n) is 9.84. The molecule has 0 nitrogen and oxygen atoms in total. The fourth-order valence-electron chi connectivity index (χ4n) is 4.66. The maximum Gasteiger partial charge on any atom is -0.00822 e. The van der Waals surface area contributed by atoms with Crippen LogP contribution in [0.1, 0.15) is 40.5 Å². The van der Waals surface area contributed by atoms with Crippen molar-refractivity contribution in [2.75, 3.05) is 13.3 Å². The smallest absolute Gasteiger partial charge is 0.00822 e. The molecule has 1 aliphatic rings. The van der Waals surface area contributed by atoms with Crippen LogP contribution in [-0.2, 0) is 0 Å². The first-order valence-corrected chi connectivity index (χ1v) is 13.4. The van der Waals surface area contributed by atoms with Gasteiger partial charge in [-0.05, 0) is 58.9 Å². The Morgan fingerprint density at radius 2 is 0.923 bits per heavy atom. The highest BCUT2D eigenvalue weighted by atomic mass is 31.1. The van der Waals surface area contributed by atoms with Crippen molar-refractivity contribution in [1.29, 1.82) is 0 Å². The highest BCUT2D eigenvalue weighted by Crippen LogP contribution is 2.64. The summed E-state index contributed by atoms with van der Waals surface area (Å²) in [5.41, 5.74) is 0. The number of rotatable bonds is 6. The molecule has 0 amide bonds. The minimum absolute atomic E-state index is 0.153. The quantitative estimate of drug-likeness (QED) is 0.503. The predicted octanol–water partition coefficient (Wildman–Crippen LogP) is 6.44. The van der Waals surface area contributed by atoms with E-state index in [1.807, 2.05) is 0 Å². The number of hydrogen-bond donors (Lipinski definition) is 0. The van der Waals surface area contributed by atoms with Crippen LogP contribution in [0, 0.1) is 11.8 Å². The Labute approximate surface area is 163 Å². The van der Waals surface area contributed by atoms with Crippen LogP contribution < -0.4 is 10.6 Å². The fraction of sp³-hybridized carbons (Fsp3) is 0.500. The van der Waals surface area contributed by atoms with Crippen molar-refractivity contribution >= 4 is 26.5 Å². The van der Waals surface area contributed by atoms with Gasteiger partial charge in [0.2, 0.25) is 0 Å². The molecule has 2 aromatic carbocycles. The minimum Gasteiger partial charge on any atom is -0.0724 e. The third-order valence-electron chi connectivity index (χ3n) is 7.11. The molecule has 0 bridgehead atoms. The van der Waals surface area contributed by atoms with Gasteiger partial charge in [0.05, 0.1) is 0 Å². The van der Waals surface area contributed by atoms with E-state index >= 15 is 0 Å². The molecule has 26 heavy (non-hydrogen) atoms. The summed E-state index contributed by atoms with van der Waals surface area (Å²) < 4.78 is 0. The predicted molar refractivity (Wildman–Crippen MR) is 122 cm³/mol. The summed E-state index contributed by atoms with van der Waals surface area (Å²) in [5, 5.41) is 3.89. The highest BCUT2D eigenvalue weighted by Gasteiger charge is 2.51. The molecular weight excluding hydrogens is 350 g/mol. The lowest BCUT2D eigenvalue weighted by Gasteiger charge is -2.57. The first kappa shape index (κ1) is 20.0. The molecule has 0 saturated heterocycles. The van der Waals surface area contributed by atoms with Gasteiger partial charge >= 0.3 is 0 Å². The Balaban J connectivity index is 1.81. The van der Waals surface area contributed by atoms with E-state index in [4.69, 9.17) is 0 Å². The molecule has 2 aromatic rings. The molecule has 1 fully saturated rings. The third-order valence-corrected chi connectivity index (χ3v) is 13.4. The maximum absolute atomic E-state index is 2.54. The Morgan fingerprint density at radius 1 is 0.615 bits per heavy atom. The van der Waals surface area contributed by atoms with E-state index in [0.29, 0.717) is 10.3 Å². The molecule has 2 heteroatoms. The van der Waals surface area contributed by atoms with Gasteiger partial charge in [-0.1, -0.05) is 104 Å². The van der Waals surface area contributed by atoms with E-state index in [9.17, 15) is 0 Å². The zero-order valence-corrected chi connectivity index (χ0v) is 19.0. The van der Waals surface area contributed by atoms with E-state index in [2.05, 4.69) is 102 Å². The SMILES string of the molecule is CP(c1ccccc1)C(C)(C)C1CCC1C(C)(C)P(C)c1ccccc1. The molecule has 140 valence electrons. The molecule has 4 atom stereocenters. The second-order valence-corrected chi connectivity index (χ2v) is 14.5. The van der Waals surface area contributed by atoms with Gasteiger partial charge in [0.15, 0.2) is 0 Å². The van der Waals surface area contributed by atoms with Gasteiger partial charge in [-0.15, -0.1) is 0 Å². The molecule has 1 saturated carbocycles. The van der Waals surface area contributed by atoms with Crippen molar-refractivity contribution in [1.82, 2.24) is 0 Å². The molecule has 0 N–H and O–H groups in total. The van der Waals surface area contributed by atoms with E-state index in [0.717, 1.165) is 11.8 Å².